The van der Waals surface area contributed by atoms with E-state index in [9.17, 15) is 28.0 Å². The number of rotatable bonds is 9. The highest BCUT2D eigenvalue weighted by Crippen LogP contribution is 2.35. The number of halogens is 2. The fraction of sp³-hybridized carbons (Fsp3) is 0.270. The summed E-state index contributed by atoms with van der Waals surface area (Å²) in [5.74, 6) is -4.14. The first-order valence-corrected chi connectivity index (χ1v) is 16.0. The summed E-state index contributed by atoms with van der Waals surface area (Å²) in [6, 6.07) is 11.1. The van der Waals surface area contributed by atoms with Gasteiger partial charge in [-0.2, -0.15) is 5.10 Å². The van der Waals surface area contributed by atoms with E-state index in [2.05, 4.69) is 25.7 Å². The Balaban J connectivity index is 1.31. The molecule has 5 aromatic rings. The lowest BCUT2D eigenvalue weighted by molar-refractivity contribution is 0.00682. The van der Waals surface area contributed by atoms with Crippen molar-refractivity contribution in [1.29, 1.82) is 0 Å². The number of Topliss-reactive ketones (excluding diaryl/α,β-unsaturated/α-hetero) is 1. The standard InChI is InChI=1S/C37H34F2N6O5/c1-20-23-10-12-29(25(23)9-8-24(20)36(49)50-37(2,3)4)44-35(48)31-16-30(34(47)41-18-22-7-11-27(38)28(39)14-22)43-33-26(19-42-45(31)33)32(46)15-21-6-5-13-40-17-21/h5-9,11,13-14,16-17,19,29H,10,12,15,18H2,1-4H3,(H,41,47)(H,44,48)/t29-/m0/s1. The van der Waals surface area contributed by atoms with Crippen molar-refractivity contribution in [3.8, 4) is 0 Å². The van der Waals surface area contributed by atoms with Crippen LogP contribution in [0.1, 0.15) is 103 Å². The number of hydrogen-bond acceptors (Lipinski definition) is 8. The number of aromatic nitrogens is 4. The van der Waals surface area contributed by atoms with Crippen molar-refractivity contribution in [2.45, 2.75) is 65.1 Å². The van der Waals surface area contributed by atoms with Crippen LogP contribution in [0.4, 0.5) is 8.78 Å². The normalized spacial score (nSPS) is 13.9. The van der Waals surface area contributed by atoms with E-state index in [-0.39, 0.29) is 41.3 Å². The van der Waals surface area contributed by atoms with Crippen molar-refractivity contribution in [2.75, 3.05) is 0 Å². The van der Waals surface area contributed by atoms with E-state index < -0.39 is 41.1 Å². The Labute approximate surface area is 286 Å². The number of pyridine rings is 1. The molecule has 3 heterocycles. The van der Waals surface area contributed by atoms with Gasteiger partial charge in [0.2, 0.25) is 0 Å². The van der Waals surface area contributed by atoms with Crippen LogP contribution in [0, 0.1) is 18.6 Å². The van der Waals surface area contributed by atoms with Crippen LogP contribution in [-0.2, 0) is 24.1 Å². The van der Waals surface area contributed by atoms with Crippen molar-refractivity contribution in [2.24, 2.45) is 0 Å². The number of fused-ring (bicyclic) bond motifs is 2. The van der Waals surface area contributed by atoms with Gasteiger partial charge in [0, 0.05) is 31.4 Å². The molecule has 1 atom stereocenters. The monoisotopic (exact) mass is 680 g/mol. The van der Waals surface area contributed by atoms with Gasteiger partial charge in [0.1, 0.15) is 17.0 Å². The number of ether oxygens (including phenoxy) is 1. The summed E-state index contributed by atoms with van der Waals surface area (Å²) in [5.41, 5.74) is 3.18. The lowest BCUT2D eigenvalue weighted by Gasteiger charge is -2.21. The van der Waals surface area contributed by atoms with E-state index in [1.807, 2.05) is 13.0 Å². The first-order chi connectivity index (χ1) is 23.8. The fourth-order valence-electron chi connectivity index (χ4n) is 5.96. The van der Waals surface area contributed by atoms with Crippen molar-refractivity contribution in [3.63, 3.8) is 0 Å². The van der Waals surface area contributed by atoms with Gasteiger partial charge in [0.15, 0.2) is 23.1 Å². The summed E-state index contributed by atoms with van der Waals surface area (Å²) < 4.78 is 34.0. The number of carbonyl (C=O) groups is 4. The maximum absolute atomic E-state index is 14.0. The van der Waals surface area contributed by atoms with Crippen molar-refractivity contribution < 1.29 is 32.7 Å². The van der Waals surface area contributed by atoms with Crippen LogP contribution >= 0.6 is 0 Å². The molecule has 0 saturated carbocycles. The molecular weight excluding hydrogens is 646 g/mol. The SMILES string of the molecule is Cc1c(C(=O)OC(C)(C)C)ccc2c1CC[C@@H]2NC(=O)c1cc(C(=O)NCc2ccc(F)c(F)c2)nc2c(C(=O)Cc3cccnc3)cnn12. The van der Waals surface area contributed by atoms with Crippen LogP contribution in [0.3, 0.4) is 0 Å². The Morgan fingerprint density at radius 2 is 1.76 bits per heavy atom. The number of amides is 2. The van der Waals surface area contributed by atoms with Crippen LogP contribution in [-0.4, -0.2) is 48.7 Å². The third-order valence-corrected chi connectivity index (χ3v) is 8.38. The molecule has 256 valence electrons. The fourth-order valence-corrected chi connectivity index (χ4v) is 5.96. The highest BCUT2D eigenvalue weighted by atomic mass is 19.2. The Bertz CT molecular complexity index is 2160. The number of carbonyl (C=O) groups excluding carboxylic acids is 4. The van der Waals surface area contributed by atoms with Gasteiger partial charge in [0.05, 0.1) is 23.4 Å². The zero-order valence-electron chi connectivity index (χ0n) is 27.8. The van der Waals surface area contributed by atoms with Gasteiger partial charge in [-0.3, -0.25) is 19.4 Å². The first kappa shape index (κ1) is 34.0. The number of ketones is 1. The molecule has 0 unspecified atom stereocenters. The number of benzene rings is 2. The second-order valence-corrected chi connectivity index (χ2v) is 13.1. The summed E-state index contributed by atoms with van der Waals surface area (Å²) in [4.78, 5) is 62.0. The average Bonchev–Trinajstić information content (AvgIpc) is 3.69. The summed E-state index contributed by atoms with van der Waals surface area (Å²) in [6.07, 6.45) is 5.60. The molecule has 2 aromatic carbocycles. The van der Waals surface area contributed by atoms with Gasteiger partial charge in [-0.05, 0) is 92.6 Å². The predicted molar refractivity (Wildman–Crippen MR) is 178 cm³/mol. The van der Waals surface area contributed by atoms with Crippen molar-refractivity contribution in [3.05, 3.63) is 129 Å². The lowest BCUT2D eigenvalue weighted by atomic mass is 9.97. The molecule has 6 rings (SSSR count). The predicted octanol–water partition coefficient (Wildman–Crippen LogP) is 5.44. The minimum absolute atomic E-state index is 0.00538. The van der Waals surface area contributed by atoms with Gasteiger partial charge >= 0.3 is 5.97 Å². The molecule has 1 aliphatic rings. The smallest absolute Gasteiger partial charge is 0.338 e. The van der Waals surface area contributed by atoms with Crippen LogP contribution in [0.2, 0.25) is 0 Å². The molecule has 0 spiro atoms. The molecule has 11 nitrogen and oxygen atoms in total. The Morgan fingerprint density at radius 3 is 2.48 bits per heavy atom. The zero-order chi connectivity index (χ0) is 35.7. The second kappa shape index (κ2) is 13.6. The molecule has 0 saturated heterocycles. The summed E-state index contributed by atoms with van der Waals surface area (Å²) >= 11 is 0. The Hall–Kier alpha value is -5.85. The molecule has 3 aromatic heterocycles. The summed E-state index contributed by atoms with van der Waals surface area (Å²) in [5, 5.41) is 9.94. The molecule has 0 fully saturated rings. The average molecular weight is 681 g/mol. The topological polar surface area (TPSA) is 145 Å². The van der Waals surface area contributed by atoms with E-state index >= 15 is 0 Å². The van der Waals surface area contributed by atoms with Crippen LogP contribution < -0.4 is 10.6 Å². The van der Waals surface area contributed by atoms with Crippen molar-refractivity contribution >= 4 is 29.2 Å². The molecule has 2 amide bonds. The molecule has 1 aliphatic carbocycles. The van der Waals surface area contributed by atoms with E-state index in [4.69, 9.17) is 4.74 Å². The van der Waals surface area contributed by atoms with E-state index in [1.165, 1.54) is 22.8 Å². The van der Waals surface area contributed by atoms with Crippen LogP contribution in [0.5, 0.6) is 0 Å². The molecule has 0 radical (unpaired) electrons. The number of esters is 1. The minimum Gasteiger partial charge on any atom is -0.456 e. The first-order valence-electron chi connectivity index (χ1n) is 16.0. The van der Waals surface area contributed by atoms with Gasteiger partial charge in [-0.1, -0.05) is 18.2 Å². The number of hydrogen-bond donors (Lipinski definition) is 2. The second-order valence-electron chi connectivity index (χ2n) is 13.1. The quantitative estimate of drug-likeness (QED) is 0.155. The minimum atomic E-state index is -1.06. The maximum Gasteiger partial charge on any atom is 0.338 e. The van der Waals surface area contributed by atoms with Gasteiger partial charge in [0.25, 0.3) is 11.8 Å². The van der Waals surface area contributed by atoms with Crippen molar-refractivity contribution in [1.82, 2.24) is 30.2 Å². The van der Waals surface area contributed by atoms with Crippen LogP contribution in [0.25, 0.3) is 5.65 Å². The number of nitrogens with zero attached hydrogens (tertiary/aromatic N) is 4. The third-order valence-electron chi connectivity index (χ3n) is 8.38. The largest absolute Gasteiger partial charge is 0.456 e. The van der Waals surface area contributed by atoms with E-state index in [0.717, 1.165) is 28.8 Å². The molecular formula is C37H34F2N6O5. The number of nitrogens with one attached hydrogen (secondary N) is 2. The molecule has 13 heteroatoms. The summed E-state index contributed by atoms with van der Waals surface area (Å²) in [6.45, 7) is 7.11. The van der Waals surface area contributed by atoms with Crippen LogP contribution in [0.15, 0.2) is 67.1 Å². The molecule has 0 aliphatic heterocycles. The molecule has 50 heavy (non-hydrogen) atoms. The van der Waals surface area contributed by atoms with E-state index in [0.29, 0.717) is 29.5 Å². The van der Waals surface area contributed by atoms with Gasteiger partial charge in [-0.15, -0.1) is 0 Å². The lowest BCUT2D eigenvalue weighted by Crippen LogP contribution is -2.31. The molecule has 0 bridgehead atoms. The summed E-state index contributed by atoms with van der Waals surface area (Å²) in [7, 11) is 0. The highest BCUT2D eigenvalue weighted by molar-refractivity contribution is 6.04. The van der Waals surface area contributed by atoms with E-state index in [1.54, 1.807) is 51.4 Å². The Morgan fingerprint density at radius 1 is 0.960 bits per heavy atom. The Kier molecular flexibility index (Phi) is 9.24. The van der Waals surface area contributed by atoms with Gasteiger partial charge in [-0.25, -0.2) is 23.1 Å². The maximum atomic E-state index is 14.0. The highest BCUT2D eigenvalue weighted by Gasteiger charge is 2.30. The van der Waals surface area contributed by atoms with Gasteiger partial charge < -0.3 is 15.4 Å². The zero-order valence-corrected chi connectivity index (χ0v) is 27.8. The molecule has 2 N–H and O–H groups in total. The third kappa shape index (κ3) is 7.12.